The van der Waals surface area contributed by atoms with Gasteiger partial charge in [0, 0.05) is 36.5 Å². The van der Waals surface area contributed by atoms with Gasteiger partial charge < -0.3 is 5.32 Å². The molecule has 0 radical (unpaired) electrons. The summed E-state index contributed by atoms with van der Waals surface area (Å²) in [5, 5.41) is 11.9. The van der Waals surface area contributed by atoms with Crippen molar-refractivity contribution in [3.05, 3.63) is 77.6 Å². The maximum atomic E-state index is 14.2. The summed E-state index contributed by atoms with van der Waals surface area (Å²) in [4.78, 5) is 20.0. The average Bonchev–Trinajstić information content (AvgIpc) is 3.29. The lowest BCUT2D eigenvalue weighted by Crippen LogP contribution is -2.45. The van der Waals surface area contributed by atoms with Gasteiger partial charge in [0.15, 0.2) is 0 Å². The zero-order chi connectivity index (χ0) is 27.7. The molecule has 38 heavy (non-hydrogen) atoms. The van der Waals surface area contributed by atoms with Crippen LogP contribution in [0.3, 0.4) is 0 Å². The summed E-state index contributed by atoms with van der Waals surface area (Å²) < 4.78 is 92.6. The minimum Gasteiger partial charge on any atom is -0.349 e. The van der Waals surface area contributed by atoms with Crippen molar-refractivity contribution >= 4 is 15.9 Å². The van der Waals surface area contributed by atoms with Crippen LogP contribution in [0.5, 0.6) is 0 Å². The van der Waals surface area contributed by atoms with Crippen LogP contribution in [-0.4, -0.2) is 47.4 Å². The third-order valence-corrected chi connectivity index (χ3v) is 7.71. The van der Waals surface area contributed by atoms with E-state index in [2.05, 4.69) is 15.3 Å². The van der Waals surface area contributed by atoms with Crippen LogP contribution in [-0.2, 0) is 27.5 Å². The number of carbonyl (C=O) groups excluding carboxylic acids is 1. The Morgan fingerprint density at radius 1 is 1.13 bits per heavy atom. The van der Waals surface area contributed by atoms with Crippen molar-refractivity contribution in [3.8, 4) is 17.2 Å². The fourth-order valence-corrected chi connectivity index (χ4v) is 5.57. The van der Waals surface area contributed by atoms with E-state index in [9.17, 15) is 40.4 Å². The van der Waals surface area contributed by atoms with Gasteiger partial charge in [0.1, 0.15) is 29.8 Å². The monoisotopic (exact) mass is 551 g/mol. The van der Waals surface area contributed by atoms with Crippen LogP contribution < -0.4 is 5.32 Å². The molecule has 1 N–H and O–H groups in total. The molecule has 0 saturated carbocycles. The van der Waals surface area contributed by atoms with E-state index in [1.165, 1.54) is 12.3 Å². The molecule has 1 fully saturated rings. The number of carbonyl (C=O) groups is 1. The highest BCUT2D eigenvalue weighted by molar-refractivity contribution is 7.89. The molecule has 198 valence electrons. The van der Waals surface area contributed by atoms with Gasteiger partial charge in [-0.3, -0.25) is 14.8 Å². The Morgan fingerprint density at radius 2 is 1.84 bits per heavy atom. The van der Waals surface area contributed by atoms with Crippen molar-refractivity contribution in [1.29, 1.82) is 5.26 Å². The molecule has 2 unspecified atom stereocenters. The minimum absolute atomic E-state index is 0.0502. The molecule has 1 saturated heterocycles. The van der Waals surface area contributed by atoms with E-state index in [0.717, 1.165) is 42.6 Å². The van der Waals surface area contributed by atoms with Crippen molar-refractivity contribution < 1.29 is 35.2 Å². The van der Waals surface area contributed by atoms with E-state index in [4.69, 9.17) is 0 Å². The molecule has 0 bridgehead atoms. The third kappa shape index (κ3) is 5.63. The van der Waals surface area contributed by atoms with Crippen molar-refractivity contribution in [2.75, 3.05) is 6.54 Å². The Hall–Kier alpha value is -3.96. The lowest BCUT2D eigenvalue weighted by molar-refractivity contribution is -0.141. The van der Waals surface area contributed by atoms with E-state index in [1.807, 2.05) is 6.07 Å². The van der Waals surface area contributed by atoms with Crippen molar-refractivity contribution in [2.24, 2.45) is 0 Å². The topological polar surface area (TPSA) is 116 Å². The highest BCUT2D eigenvalue weighted by atomic mass is 32.2. The predicted molar refractivity (Wildman–Crippen MR) is 123 cm³/mol. The highest BCUT2D eigenvalue weighted by Crippen LogP contribution is 2.31. The first kappa shape index (κ1) is 27.1. The molecule has 4 rings (SSSR count). The lowest BCUT2D eigenvalue weighted by Gasteiger charge is -2.23. The number of sulfonamides is 1. The first-order chi connectivity index (χ1) is 17.9. The lowest BCUT2D eigenvalue weighted by atomic mass is 10.0. The molecular formula is C24H18F5N5O3S. The summed E-state index contributed by atoms with van der Waals surface area (Å²) >= 11 is 0. The zero-order valence-electron chi connectivity index (χ0n) is 19.3. The van der Waals surface area contributed by atoms with Gasteiger partial charge in [0.2, 0.25) is 15.9 Å². The minimum atomic E-state index is -4.64. The Labute approximate surface area is 213 Å². The van der Waals surface area contributed by atoms with Gasteiger partial charge in [0.05, 0.1) is 22.7 Å². The number of nitrogens with one attached hydrogen (secondary N) is 1. The highest BCUT2D eigenvalue weighted by Gasteiger charge is 2.44. The van der Waals surface area contributed by atoms with E-state index >= 15 is 0 Å². The first-order valence-electron chi connectivity index (χ1n) is 11.0. The summed E-state index contributed by atoms with van der Waals surface area (Å²) in [6.07, 6.45) is -4.50. The molecule has 2 aromatic heterocycles. The van der Waals surface area contributed by atoms with Gasteiger partial charge >= 0.3 is 6.18 Å². The number of halogens is 5. The van der Waals surface area contributed by atoms with Crippen LogP contribution in [0.1, 0.15) is 23.4 Å². The number of nitriles is 1. The Bertz CT molecular complexity index is 1490. The average molecular weight is 551 g/mol. The SMILES string of the molecule is N#Cc1cnc(CNC(=O)C2CC(F)CN2S(=O)(=O)c2ccc(F)cc2)cc1-c1ccc(C(F)(F)F)nc1. The molecule has 1 aliphatic rings. The van der Waals surface area contributed by atoms with E-state index in [0.29, 0.717) is 4.31 Å². The Morgan fingerprint density at radius 3 is 2.45 bits per heavy atom. The smallest absolute Gasteiger partial charge is 0.349 e. The van der Waals surface area contributed by atoms with Crippen LogP contribution in [0.15, 0.2) is 59.8 Å². The molecule has 1 aliphatic heterocycles. The second kappa shape index (κ2) is 10.4. The normalized spacial score (nSPS) is 18.2. The summed E-state index contributed by atoms with van der Waals surface area (Å²) in [7, 11) is -4.30. The predicted octanol–water partition coefficient (Wildman–Crippen LogP) is 3.59. The molecule has 14 heteroatoms. The molecule has 8 nitrogen and oxygen atoms in total. The van der Waals surface area contributed by atoms with Gasteiger partial charge in [-0.15, -0.1) is 0 Å². The van der Waals surface area contributed by atoms with Gasteiger partial charge in [-0.1, -0.05) is 6.07 Å². The standard InChI is InChI=1S/C24H18F5N5O3S/c25-16-2-4-19(5-3-16)38(36,37)34-13-17(26)7-21(34)23(35)33-12-18-8-20(15(9-30)11-31-18)14-1-6-22(32-10-14)24(27,28)29/h1-6,8,10-11,17,21H,7,12-13H2,(H,33,35). The van der Waals surface area contributed by atoms with Crippen molar-refractivity contribution in [3.63, 3.8) is 0 Å². The maximum absolute atomic E-state index is 14.2. The van der Waals surface area contributed by atoms with Gasteiger partial charge in [-0.25, -0.2) is 17.2 Å². The number of hydrogen-bond donors (Lipinski definition) is 1. The zero-order valence-corrected chi connectivity index (χ0v) is 20.1. The van der Waals surface area contributed by atoms with E-state index < -0.39 is 58.8 Å². The number of hydrogen-bond acceptors (Lipinski definition) is 6. The van der Waals surface area contributed by atoms with Crippen molar-refractivity contribution in [2.45, 2.75) is 36.3 Å². The number of aromatic nitrogens is 2. The summed E-state index contributed by atoms with van der Waals surface area (Å²) in [5.41, 5.74) is -0.427. The van der Waals surface area contributed by atoms with Crippen LogP contribution in [0, 0.1) is 17.1 Å². The van der Waals surface area contributed by atoms with Gasteiger partial charge in [-0.2, -0.15) is 22.7 Å². The molecular weight excluding hydrogens is 533 g/mol. The maximum Gasteiger partial charge on any atom is 0.433 e. The molecule has 1 aromatic carbocycles. The van der Waals surface area contributed by atoms with Crippen LogP contribution in [0.25, 0.3) is 11.1 Å². The number of nitrogens with zero attached hydrogens (tertiary/aromatic N) is 4. The molecule has 0 spiro atoms. The number of pyridine rings is 2. The van der Waals surface area contributed by atoms with Gasteiger partial charge in [0.25, 0.3) is 0 Å². The number of amides is 1. The van der Waals surface area contributed by atoms with E-state index in [1.54, 1.807) is 0 Å². The summed E-state index contributed by atoms with van der Waals surface area (Å²) in [6, 6.07) is 7.70. The number of benzene rings is 1. The fourth-order valence-electron chi connectivity index (χ4n) is 3.94. The van der Waals surface area contributed by atoms with E-state index in [-0.39, 0.29) is 33.8 Å². The number of alkyl halides is 4. The molecule has 3 aromatic rings. The third-order valence-electron chi connectivity index (χ3n) is 5.82. The molecule has 1 amide bonds. The second-order valence-electron chi connectivity index (χ2n) is 8.36. The molecule has 0 aliphatic carbocycles. The van der Waals surface area contributed by atoms with Crippen molar-refractivity contribution in [1.82, 2.24) is 19.6 Å². The van der Waals surface area contributed by atoms with Crippen LogP contribution in [0.2, 0.25) is 0 Å². The Kier molecular flexibility index (Phi) is 7.43. The molecule has 2 atom stereocenters. The summed E-state index contributed by atoms with van der Waals surface area (Å²) in [5.74, 6) is -1.47. The fraction of sp³-hybridized carbons (Fsp3) is 0.250. The largest absolute Gasteiger partial charge is 0.433 e. The second-order valence-corrected chi connectivity index (χ2v) is 10.2. The molecule has 3 heterocycles. The quantitative estimate of drug-likeness (QED) is 0.468. The Balaban J connectivity index is 1.52. The summed E-state index contributed by atoms with van der Waals surface area (Å²) in [6.45, 7) is -0.804. The number of rotatable bonds is 6. The van der Waals surface area contributed by atoms with Gasteiger partial charge in [-0.05, 0) is 36.4 Å². The van der Waals surface area contributed by atoms with Crippen LogP contribution >= 0.6 is 0 Å². The first-order valence-corrected chi connectivity index (χ1v) is 12.5. The van der Waals surface area contributed by atoms with Crippen LogP contribution in [0.4, 0.5) is 22.0 Å².